The molecule has 0 aromatic heterocycles. The second-order valence-electron chi connectivity index (χ2n) is 4.68. The minimum Gasteiger partial charge on any atom is -0.383 e. The number of amides is 1. The van der Waals surface area contributed by atoms with Crippen LogP contribution in [0.5, 0.6) is 0 Å². The lowest BCUT2D eigenvalue weighted by Crippen LogP contribution is -2.55. The van der Waals surface area contributed by atoms with Crippen LogP contribution in [0.3, 0.4) is 0 Å². The SMILES string of the molecule is CCCC(COC)N1CCCC(NCC)C1=O. The van der Waals surface area contributed by atoms with Crippen molar-refractivity contribution in [2.75, 3.05) is 26.8 Å². The molecule has 17 heavy (non-hydrogen) atoms. The minimum atomic E-state index is 0.0185. The van der Waals surface area contributed by atoms with Gasteiger partial charge in [-0.25, -0.2) is 0 Å². The first kappa shape index (κ1) is 14.5. The molecule has 0 radical (unpaired) electrons. The summed E-state index contributed by atoms with van der Waals surface area (Å²) in [5.41, 5.74) is 0. The molecule has 4 heteroatoms. The van der Waals surface area contributed by atoms with Gasteiger partial charge in [-0.1, -0.05) is 20.3 Å². The molecular formula is C13H26N2O2. The van der Waals surface area contributed by atoms with E-state index in [1.165, 1.54) is 0 Å². The van der Waals surface area contributed by atoms with E-state index in [9.17, 15) is 4.79 Å². The van der Waals surface area contributed by atoms with E-state index in [4.69, 9.17) is 4.74 Å². The fourth-order valence-electron chi connectivity index (χ4n) is 2.55. The van der Waals surface area contributed by atoms with Crippen molar-refractivity contribution in [2.45, 2.75) is 51.6 Å². The van der Waals surface area contributed by atoms with Gasteiger partial charge in [-0.15, -0.1) is 0 Å². The Morgan fingerprint density at radius 2 is 2.29 bits per heavy atom. The Kier molecular flexibility index (Phi) is 6.52. The molecule has 0 saturated carbocycles. The maximum absolute atomic E-state index is 12.3. The Hall–Kier alpha value is -0.610. The van der Waals surface area contributed by atoms with Crippen molar-refractivity contribution in [3.05, 3.63) is 0 Å². The number of carbonyl (C=O) groups excluding carboxylic acids is 1. The predicted molar refractivity (Wildman–Crippen MR) is 69.0 cm³/mol. The first-order valence-electron chi connectivity index (χ1n) is 6.77. The third-order valence-electron chi connectivity index (χ3n) is 3.35. The zero-order chi connectivity index (χ0) is 12.7. The zero-order valence-corrected chi connectivity index (χ0v) is 11.4. The molecule has 1 N–H and O–H groups in total. The molecule has 0 bridgehead atoms. The van der Waals surface area contributed by atoms with Crippen LogP contribution in [0.15, 0.2) is 0 Å². The lowest BCUT2D eigenvalue weighted by molar-refractivity contribution is -0.140. The van der Waals surface area contributed by atoms with Gasteiger partial charge in [0.05, 0.1) is 18.7 Å². The van der Waals surface area contributed by atoms with Crippen molar-refractivity contribution in [3.8, 4) is 0 Å². The highest BCUT2D eigenvalue weighted by molar-refractivity contribution is 5.82. The topological polar surface area (TPSA) is 41.6 Å². The monoisotopic (exact) mass is 242 g/mol. The second-order valence-corrected chi connectivity index (χ2v) is 4.68. The van der Waals surface area contributed by atoms with E-state index in [1.54, 1.807) is 7.11 Å². The third-order valence-corrected chi connectivity index (χ3v) is 3.35. The molecule has 2 atom stereocenters. The number of likely N-dealkylation sites (N-methyl/N-ethyl adjacent to an activating group) is 1. The Balaban J connectivity index is 2.62. The normalized spacial score (nSPS) is 22.9. The van der Waals surface area contributed by atoms with Crippen molar-refractivity contribution < 1.29 is 9.53 Å². The number of nitrogens with one attached hydrogen (secondary N) is 1. The molecule has 1 aliphatic rings. The number of hydrogen-bond acceptors (Lipinski definition) is 3. The summed E-state index contributed by atoms with van der Waals surface area (Å²) < 4.78 is 5.24. The number of ether oxygens (including phenoxy) is 1. The molecule has 0 aliphatic carbocycles. The van der Waals surface area contributed by atoms with Gasteiger partial charge in [-0.3, -0.25) is 4.79 Å². The van der Waals surface area contributed by atoms with Gasteiger partial charge >= 0.3 is 0 Å². The van der Waals surface area contributed by atoms with Crippen LogP contribution in [-0.2, 0) is 9.53 Å². The van der Waals surface area contributed by atoms with Crippen molar-refractivity contribution in [3.63, 3.8) is 0 Å². The quantitative estimate of drug-likeness (QED) is 0.734. The molecule has 1 amide bonds. The summed E-state index contributed by atoms with van der Waals surface area (Å²) in [6, 6.07) is 0.268. The van der Waals surface area contributed by atoms with Gasteiger partial charge in [0.15, 0.2) is 0 Å². The first-order valence-corrected chi connectivity index (χ1v) is 6.77. The highest BCUT2D eigenvalue weighted by atomic mass is 16.5. The van der Waals surface area contributed by atoms with E-state index in [1.807, 2.05) is 11.8 Å². The van der Waals surface area contributed by atoms with E-state index in [0.29, 0.717) is 6.61 Å². The molecule has 1 aliphatic heterocycles. The van der Waals surface area contributed by atoms with Crippen molar-refractivity contribution in [2.24, 2.45) is 0 Å². The first-order chi connectivity index (χ1) is 8.24. The number of methoxy groups -OCH3 is 1. The predicted octanol–water partition coefficient (Wildman–Crippen LogP) is 1.40. The van der Waals surface area contributed by atoms with E-state index in [-0.39, 0.29) is 18.0 Å². The largest absolute Gasteiger partial charge is 0.383 e. The van der Waals surface area contributed by atoms with Crippen LogP contribution >= 0.6 is 0 Å². The van der Waals surface area contributed by atoms with Gasteiger partial charge in [0.2, 0.25) is 5.91 Å². The number of hydrogen-bond donors (Lipinski definition) is 1. The van der Waals surface area contributed by atoms with Crippen molar-refractivity contribution in [1.82, 2.24) is 10.2 Å². The van der Waals surface area contributed by atoms with Crippen LogP contribution in [-0.4, -0.2) is 49.7 Å². The smallest absolute Gasteiger partial charge is 0.240 e. The van der Waals surface area contributed by atoms with Crippen LogP contribution in [0.1, 0.15) is 39.5 Å². The van der Waals surface area contributed by atoms with Crippen LogP contribution in [0.4, 0.5) is 0 Å². The molecule has 1 heterocycles. The summed E-state index contributed by atoms with van der Waals surface area (Å²) in [5.74, 6) is 0.258. The number of likely N-dealkylation sites (tertiary alicyclic amines) is 1. The summed E-state index contributed by atoms with van der Waals surface area (Å²) in [5, 5.41) is 3.27. The Labute approximate surface area is 105 Å². The lowest BCUT2D eigenvalue weighted by atomic mass is 10.0. The standard InChI is InChI=1S/C13H26N2O2/c1-4-7-11(10-17-3)15-9-6-8-12(13(15)16)14-5-2/h11-12,14H,4-10H2,1-3H3. The van der Waals surface area contributed by atoms with Crippen LogP contribution < -0.4 is 5.32 Å². The molecule has 0 spiro atoms. The lowest BCUT2D eigenvalue weighted by Gasteiger charge is -2.38. The molecule has 1 rings (SSSR count). The highest BCUT2D eigenvalue weighted by Crippen LogP contribution is 2.17. The van der Waals surface area contributed by atoms with Crippen LogP contribution in [0.2, 0.25) is 0 Å². The zero-order valence-electron chi connectivity index (χ0n) is 11.4. The Bertz CT molecular complexity index is 225. The van der Waals surface area contributed by atoms with Gasteiger partial charge in [-0.05, 0) is 25.8 Å². The molecule has 1 saturated heterocycles. The molecule has 0 aromatic rings. The molecular weight excluding hydrogens is 216 g/mol. The maximum Gasteiger partial charge on any atom is 0.240 e. The van der Waals surface area contributed by atoms with E-state index >= 15 is 0 Å². The Morgan fingerprint density at radius 1 is 1.53 bits per heavy atom. The van der Waals surface area contributed by atoms with Gasteiger partial charge in [0, 0.05) is 13.7 Å². The van der Waals surface area contributed by atoms with Gasteiger partial charge in [0.25, 0.3) is 0 Å². The molecule has 1 fully saturated rings. The number of nitrogens with zero attached hydrogens (tertiary/aromatic N) is 1. The number of rotatable bonds is 7. The average Bonchev–Trinajstić information content (AvgIpc) is 2.32. The van der Waals surface area contributed by atoms with Crippen LogP contribution in [0, 0.1) is 0 Å². The maximum atomic E-state index is 12.3. The van der Waals surface area contributed by atoms with Crippen molar-refractivity contribution in [1.29, 1.82) is 0 Å². The third kappa shape index (κ3) is 3.96. The summed E-state index contributed by atoms with van der Waals surface area (Å²) in [6.45, 7) is 6.59. The number of piperidine rings is 1. The van der Waals surface area contributed by atoms with Gasteiger partial charge in [0.1, 0.15) is 0 Å². The fourth-order valence-corrected chi connectivity index (χ4v) is 2.55. The van der Waals surface area contributed by atoms with E-state index in [0.717, 1.165) is 38.8 Å². The highest BCUT2D eigenvalue weighted by Gasteiger charge is 2.32. The number of carbonyl (C=O) groups is 1. The Morgan fingerprint density at radius 3 is 2.88 bits per heavy atom. The van der Waals surface area contributed by atoms with Gasteiger partial charge < -0.3 is 15.0 Å². The minimum absolute atomic E-state index is 0.0185. The average molecular weight is 242 g/mol. The molecule has 0 aromatic carbocycles. The van der Waals surface area contributed by atoms with Crippen LogP contribution in [0.25, 0.3) is 0 Å². The van der Waals surface area contributed by atoms with Gasteiger partial charge in [-0.2, -0.15) is 0 Å². The second kappa shape index (κ2) is 7.67. The summed E-state index contributed by atoms with van der Waals surface area (Å²) in [7, 11) is 1.71. The summed E-state index contributed by atoms with van der Waals surface area (Å²) in [4.78, 5) is 14.3. The molecule has 4 nitrogen and oxygen atoms in total. The summed E-state index contributed by atoms with van der Waals surface area (Å²) >= 11 is 0. The van der Waals surface area contributed by atoms with Crippen molar-refractivity contribution >= 4 is 5.91 Å². The summed E-state index contributed by atoms with van der Waals surface area (Å²) in [6.07, 6.45) is 4.17. The fraction of sp³-hybridized carbons (Fsp3) is 0.923. The molecule has 100 valence electrons. The molecule has 2 unspecified atom stereocenters. The van der Waals surface area contributed by atoms with E-state index < -0.39 is 0 Å². The van der Waals surface area contributed by atoms with E-state index in [2.05, 4.69) is 12.2 Å².